The minimum absolute atomic E-state index is 0.221. The average Bonchev–Trinajstić information content (AvgIpc) is 2.63. The van der Waals surface area contributed by atoms with Crippen LogP contribution in [0.5, 0.6) is 0 Å². The minimum Gasteiger partial charge on any atom is -0.458 e. The Morgan fingerprint density at radius 1 is 0.655 bits per heavy atom. The highest BCUT2D eigenvalue weighted by Gasteiger charge is 2.39. The molecule has 0 spiro atoms. The van der Waals surface area contributed by atoms with Crippen molar-refractivity contribution < 1.29 is 14.3 Å². The van der Waals surface area contributed by atoms with Crippen LogP contribution in [-0.2, 0) is 14.3 Å². The van der Waals surface area contributed by atoms with Crippen molar-refractivity contribution in [3.63, 3.8) is 0 Å². The molecule has 1 unspecified atom stereocenters. The highest BCUT2D eigenvalue weighted by Crippen LogP contribution is 2.17. The quantitative estimate of drug-likeness (QED) is 0.152. The third kappa shape index (κ3) is 15.6. The first-order chi connectivity index (χ1) is 13.6. The van der Waals surface area contributed by atoms with E-state index in [1.807, 2.05) is 0 Å². The van der Waals surface area contributed by atoms with Gasteiger partial charge in [-0.05, 0) is 34.1 Å². The van der Waals surface area contributed by atoms with Crippen LogP contribution in [0.1, 0.15) is 137 Å². The Morgan fingerprint density at radius 3 is 1.34 bits per heavy atom. The van der Waals surface area contributed by atoms with E-state index in [0.717, 1.165) is 19.3 Å². The van der Waals surface area contributed by atoms with Gasteiger partial charge in [0.25, 0.3) is 0 Å². The maximum atomic E-state index is 12.3. The summed E-state index contributed by atoms with van der Waals surface area (Å²) in [6, 6.07) is 0. The van der Waals surface area contributed by atoms with E-state index in [-0.39, 0.29) is 5.78 Å². The first-order valence-electron chi connectivity index (χ1n) is 12.2. The van der Waals surface area contributed by atoms with E-state index in [9.17, 15) is 9.59 Å². The van der Waals surface area contributed by atoms with Gasteiger partial charge in [-0.25, -0.2) is 4.79 Å². The maximum absolute atomic E-state index is 12.3. The second-order valence-electron chi connectivity index (χ2n) is 9.83. The zero-order valence-electron chi connectivity index (χ0n) is 20.1. The molecule has 0 fully saturated rings. The highest BCUT2D eigenvalue weighted by molar-refractivity contribution is 6.07. The summed E-state index contributed by atoms with van der Waals surface area (Å²) in [5.41, 5.74) is 3.78. The van der Waals surface area contributed by atoms with E-state index in [4.69, 9.17) is 10.5 Å². The zero-order valence-corrected chi connectivity index (χ0v) is 20.1. The molecule has 0 aliphatic heterocycles. The molecule has 2 N–H and O–H groups in total. The lowest BCUT2D eigenvalue weighted by molar-refractivity contribution is -0.163. The second kappa shape index (κ2) is 15.9. The van der Waals surface area contributed by atoms with Crippen molar-refractivity contribution in [2.75, 3.05) is 0 Å². The van der Waals surface area contributed by atoms with Gasteiger partial charge in [0.05, 0.1) is 0 Å². The van der Waals surface area contributed by atoms with Crippen molar-refractivity contribution in [1.82, 2.24) is 0 Å². The molecule has 0 radical (unpaired) electrons. The van der Waals surface area contributed by atoms with Gasteiger partial charge in [0.1, 0.15) is 5.60 Å². The van der Waals surface area contributed by atoms with Crippen LogP contribution in [0, 0.1) is 0 Å². The van der Waals surface area contributed by atoms with E-state index in [1.54, 1.807) is 20.8 Å². The van der Waals surface area contributed by atoms with Crippen molar-refractivity contribution in [3.8, 4) is 0 Å². The topological polar surface area (TPSA) is 69.4 Å². The van der Waals surface area contributed by atoms with E-state index in [0.29, 0.717) is 6.42 Å². The molecule has 4 nitrogen and oxygen atoms in total. The predicted octanol–water partition coefficient (Wildman–Crippen LogP) is 6.88. The summed E-state index contributed by atoms with van der Waals surface area (Å²) in [6.45, 7) is 9.07. The van der Waals surface area contributed by atoms with Crippen LogP contribution < -0.4 is 5.73 Å². The van der Waals surface area contributed by atoms with Gasteiger partial charge < -0.3 is 10.5 Å². The first kappa shape index (κ1) is 28.1. The molecule has 4 heteroatoms. The SMILES string of the molecule is CCCCCCCCCCCCCCCCCC(=O)C(C)(N)C(=O)OC(C)(C)C. The number of ketones is 1. The van der Waals surface area contributed by atoms with Crippen molar-refractivity contribution in [2.45, 2.75) is 148 Å². The monoisotopic (exact) mass is 411 g/mol. The van der Waals surface area contributed by atoms with Gasteiger partial charge in [0.2, 0.25) is 0 Å². The molecule has 0 aliphatic carbocycles. The molecule has 0 aromatic heterocycles. The number of carbonyl (C=O) groups excluding carboxylic acids is 2. The second-order valence-corrected chi connectivity index (χ2v) is 9.83. The number of unbranched alkanes of at least 4 members (excludes halogenated alkanes) is 14. The van der Waals surface area contributed by atoms with Crippen molar-refractivity contribution >= 4 is 11.8 Å². The summed E-state index contributed by atoms with van der Waals surface area (Å²) in [6.07, 6.45) is 19.7. The van der Waals surface area contributed by atoms with Gasteiger partial charge in [-0.1, -0.05) is 96.8 Å². The van der Waals surface area contributed by atoms with Crippen LogP contribution in [0.3, 0.4) is 0 Å². The Morgan fingerprint density at radius 2 is 1.00 bits per heavy atom. The van der Waals surface area contributed by atoms with Gasteiger partial charge in [0, 0.05) is 6.42 Å². The number of hydrogen-bond acceptors (Lipinski definition) is 4. The van der Waals surface area contributed by atoms with Gasteiger partial charge in [0.15, 0.2) is 11.3 Å². The lowest BCUT2D eigenvalue weighted by atomic mass is 9.93. The van der Waals surface area contributed by atoms with Gasteiger partial charge in [-0.2, -0.15) is 0 Å². The third-order valence-electron chi connectivity index (χ3n) is 5.41. The van der Waals surface area contributed by atoms with Crippen LogP contribution in [-0.4, -0.2) is 22.9 Å². The van der Waals surface area contributed by atoms with Crippen LogP contribution in [0.2, 0.25) is 0 Å². The van der Waals surface area contributed by atoms with E-state index in [1.165, 1.54) is 84.0 Å². The van der Waals surface area contributed by atoms with Crippen LogP contribution in [0.15, 0.2) is 0 Å². The van der Waals surface area contributed by atoms with E-state index < -0.39 is 17.1 Å². The molecule has 0 saturated heterocycles. The van der Waals surface area contributed by atoms with E-state index >= 15 is 0 Å². The summed E-state index contributed by atoms with van der Waals surface area (Å²) in [7, 11) is 0. The van der Waals surface area contributed by atoms with Gasteiger partial charge in [-0.15, -0.1) is 0 Å². The van der Waals surface area contributed by atoms with E-state index in [2.05, 4.69) is 6.92 Å². The predicted molar refractivity (Wildman–Crippen MR) is 123 cm³/mol. The maximum Gasteiger partial charge on any atom is 0.334 e. The van der Waals surface area contributed by atoms with Crippen LogP contribution in [0.25, 0.3) is 0 Å². The Kier molecular flexibility index (Phi) is 15.4. The van der Waals surface area contributed by atoms with Crippen molar-refractivity contribution in [1.29, 1.82) is 0 Å². The fourth-order valence-corrected chi connectivity index (χ4v) is 3.41. The molecule has 0 aromatic rings. The lowest BCUT2D eigenvalue weighted by Crippen LogP contribution is -2.54. The van der Waals surface area contributed by atoms with Gasteiger partial charge in [-0.3, -0.25) is 4.79 Å². The molecular weight excluding hydrogens is 362 g/mol. The Labute approximate surface area is 180 Å². The molecule has 0 bridgehead atoms. The normalized spacial score (nSPS) is 13.9. The summed E-state index contributed by atoms with van der Waals surface area (Å²) in [5.74, 6) is -0.850. The Hall–Kier alpha value is -0.900. The summed E-state index contributed by atoms with van der Waals surface area (Å²) < 4.78 is 5.27. The summed E-state index contributed by atoms with van der Waals surface area (Å²) in [4.78, 5) is 24.4. The fraction of sp³-hybridized carbons (Fsp3) is 0.920. The molecular formula is C25H49NO3. The largest absolute Gasteiger partial charge is 0.458 e. The van der Waals surface area contributed by atoms with Gasteiger partial charge >= 0.3 is 5.97 Å². The fourth-order valence-electron chi connectivity index (χ4n) is 3.41. The molecule has 0 rings (SSSR count). The number of esters is 1. The smallest absolute Gasteiger partial charge is 0.334 e. The molecule has 29 heavy (non-hydrogen) atoms. The first-order valence-corrected chi connectivity index (χ1v) is 12.2. The molecule has 1 atom stereocenters. The number of Topliss-reactive ketones (excluding diaryl/α,β-unsaturated/α-hetero) is 1. The molecule has 172 valence electrons. The number of rotatable bonds is 18. The number of nitrogens with two attached hydrogens (primary N) is 1. The molecule has 0 amide bonds. The molecule has 0 saturated carbocycles. The minimum atomic E-state index is -1.54. The summed E-state index contributed by atoms with van der Waals surface area (Å²) in [5, 5.41) is 0. The Balaban J connectivity index is 3.58. The molecule has 0 aliphatic rings. The van der Waals surface area contributed by atoms with Crippen LogP contribution >= 0.6 is 0 Å². The number of hydrogen-bond donors (Lipinski definition) is 1. The third-order valence-corrected chi connectivity index (χ3v) is 5.41. The van der Waals surface area contributed by atoms with Crippen LogP contribution in [0.4, 0.5) is 0 Å². The van der Waals surface area contributed by atoms with Crippen molar-refractivity contribution in [2.24, 2.45) is 5.73 Å². The summed E-state index contributed by atoms with van der Waals surface area (Å²) >= 11 is 0. The standard InChI is InChI=1S/C25H49NO3/c1-6-7-8-9-10-11-12-13-14-15-16-17-18-19-20-21-22(27)25(5,26)23(28)29-24(2,3)4/h6-21,26H2,1-5H3. The zero-order chi connectivity index (χ0) is 22.2. The average molecular weight is 412 g/mol. The Bertz CT molecular complexity index is 438. The van der Waals surface area contributed by atoms with Crippen molar-refractivity contribution in [3.05, 3.63) is 0 Å². The lowest BCUT2D eigenvalue weighted by Gasteiger charge is -2.27. The number of carbonyl (C=O) groups is 2. The molecule has 0 aromatic carbocycles. The highest BCUT2D eigenvalue weighted by atomic mass is 16.6. The molecule has 0 heterocycles. The number of ether oxygens (including phenoxy) is 1.